The number of aliphatic carboxylic acids is 1. The molecule has 3 nitrogen and oxygen atoms in total. The summed E-state index contributed by atoms with van der Waals surface area (Å²) in [5, 5.41) is 8.88. The summed E-state index contributed by atoms with van der Waals surface area (Å²) in [7, 11) is 0. The predicted octanol–water partition coefficient (Wildman–Crippen LogP) is 6.23. The van der Waals surface area contributed by atoms with Crippen molar-refractivity contribution in [3.63, 3.8) is 0 Å². The normalized spacial score (nSPS) is 11.3. The SMILES string of the molecule is C/C(=C\COc1cccc(CC(=O)O)c1)c1ccc(-c2ccc(Br)cc2)cc1. The third-order valence-electron chi connectivity index (χ3n) is 4.41. The Kier molecular flexibility index (Phi) is 6.66. The topological polar surface area (TPSA) is 46.5 Å². The van der Waals surface area contributed by atoms with Crippen LogP contribution in [0.2, 0.25) is 0 Å². The fourth-order valence-electron chi connectivity index (χ4n) is 2.87. The molecule has 0 amide bonds. The molecule has 142 valence electrons. The monoisotopic (exact) mass is 436 g/mol. The van der Waals surface area contributed by atoms with Crippen LogP contribution in [0.15, 0.2) is 83.3 Å². The van der Waals surface area contributed by atoms with Gasteiger partial charge in [0.1, 0.15) is 12.4 Å². The highest BCUT2D eigenvalue weighted by Gasteiger charge is 2.03. The third-order valence-corrected chi connectivity index (χ3v) is 4.94. The fraction of sp³-hybridized carbons (Fsp3) is 0.125. The van der Waals surface area contributed by atoms with E-state index in [1.165, 1.54) is 11.1 Å². The third kappa shape index (κ3) is 5.57. The fourth-order valence-corrected chi connectivity index (χ4v) is 3.13. The van der Waals surface area contributed by atoms with Crippen LogP contribution in [0.4, 0.5) is 0 Å². The molecule has 1 N–H and O–H groups in total. The summed E-state index contributed by atoms with van der Waals surface area (Å²) in [5.74, 6) is -0.173. The second-order valence-electron chi connectivity index (χ2n) is 6.50. The van der Waals surface area contributed by atoms with Gasteiger partial charge in [-0.25, -0.2) is 0 Å². The number of ether oxygens (including phenoxy) is 1. The largest absolute Gasteiger partial charge is 0.490 e. The van der Waals surface area contributed by atoms with Crippen molar-refractivity contribution >= 4 is 27.5 Å². The van der Waals surface area contributed by atoms with E-state index >= 15 is 0 Å². The van der Waals surface area contributed by atoms with Crippen molar-refractivity contribution in [2.75, 3.05) is 6.61 Å². The highest BCUT2D eigenvalue weighted by Crippen LogP contribution is 2.24. The molecule has 0 unspecified atom stereocenters. The molecule has 0 saturated carbocycles. The van der Waals surface area contributed by atoms with Crippen molar-refractivity contribution in [2.24, 2.45) is 0 Å². The molecule has 0 aromatic heterocycles. The molecule has 0 bridgehead atoms. The molecule has 0 spiro atoms. The predicted molar refractivity (Wildman–Crippen MR) is 117 cm³/mol. The van der Waals surface area contributed by atoms with E-state index in [4.69, 9.17) is 9.84 Å². The molecule has 0 radical (unpaired) electrons. The molecule has 0 heterocycles. The zero-order valence-electron chi connectivity index (χ0n) is 15.6. The number of carbonyl (C=O) groups is 1. The average Bonchev–Trinajstić information content (AvgIpc) is 2.68. The minimum Gasteiger partial charge on any atom is -0.490 e. The van der Waals surface area contributed by atoms with Gasteiger partial charge in [-0.05, 0) is 65.1 Å². The smallest absolute Gasteiger partial charge is 0.307 e. The van der Waals surface area contributed by atoms with Crippen molar-refractivity contribution in [2.45, 2.75) is 13.3 Å². The van der Waals surface area contributed by atoms with Gasteiger partial charge in [-0.3, -0.25) is 4.79 Å². The van der Waals surface area contributed by atoms with Crippen LogP contribution in [0.3, 0.4) is 0 Å². The van der Waals surface area contributed by atoms with E-state index in [1.807, 2.05) is 30.3 Å². The quantitative estimate of drug-likeness (QED) is 0.477. The van der Waals surface area contributed by atoms with Crippen LogP contribution < -0.4 is 4.74 Å². The molecule has 3 aromatic rings. The molecule has 4 heteroatoms. The summed E-state index contributed by atoms with van der Waals surface area (Å²) in [6, 6.07) is 23.9. The molecule has 0 aliphatic heterocycles. The first-order valence-electron chi connectivity index (χ1n) is 8.98. The first-order chi connectivity index (χ1) is 13.5. The first kappa shape index (κ1) is 19.9. The Morgan fingerprint density at radius 3 is 2.29 bits per heavy atom. The molecular formula is C24H21BrO3. The zero-order chi connectivity index (χ0) is 19.9. The number of carboxylic acids is 1. The Hall–Kier alpha value is -2.85. The maximum Gasteiger partial charge on any atom is 0.307 e. The Morgan fingerprint density at radius 1 is 1.00 bits per heavy atom. The van der Waals surface area contributed by atoms with Gasteiger partial charge in [-0.2, -0.15) is 0 Å². The van der Waals surface area contributed by atoms with Gasteiger partial charge in [0.2, 0.25) is 0 Å². The lowest BCUT2D eigenvalue weighted by Crippen LogP contribution is -2.01. The summed E-state index contributed by atoms with van der Waals surface area (Å²) in [6.45, 7) is 2.48. The van der Waals surface area contributed by atoms with Gasteiger partial charge in [-0.1, -0.05) is 64.5 Å². The van der Waals surface area contributed by atoms with Gasteiger partial charge in [-0.15, -0.1) is 0 Å². The number of rotatable bonds is 7. The maximum atomic E-state index is 10.8. The lowest BCUT2D eigenvalue weighted by molar-refractivity contribution is -0.136. The standard InChI is InChI=1S/C24H21BrO3/c1-17(13-14-28-23-4-2-3-18(15-23)16-24(26)27)19-5-7-20(8-6-19)21-9-11-22(25)12-10-21/h2-13,15H,14,16H2,1H3,(H,26,27)/b17-13+. The summed E-state index contributed by atoms with van der Waals surface area (Å²) < 4.78 is 6.82. The zero-order valence-corrected chi connectivity index (χ0v) is 17.1. The number of benzene rings is 3. The highest BCUT2D eigenvalue weighted by molar-refractivity contribution is 9.10. The first-order valence-corrected chi connectivity index (χ1v) is 9.77. The Balaban J connectivity index is 1.62. The number of hydrogen-bond acceptors (Lipinski definition) is 2. The summed E-state index contributed by atoms with van der Waals surface area (Å²) in [4.78, 5) is 10.8. The van der Waals surface area contributed by atoms with Crippen molar-refractivity contribution in [1.29, 1.82) is 0 Å². The summed E-state index contributed by atoms with van der Waals surface area (Å²) in [6.07, 6.45) is 2.02. The molecule has 0 aliphatic rings. The van der Waals surface area contributed by atoms with E-state index in [9.17, 15) is 4.79 Å². The van der Waals surface area contributed by atoms with E-state index < -0.39 is 5.97 Å². The maximum absolute atomic E-state index is 10.8. The molecule has 3 aromatic carbocycles. The van der Waals surface area contributed by atoms with Crippen molar-refractivity contribution < 1.29 is 14.6 Å². The second-order valence-corrected chi connectivity index (χ2v) is 7.42. The van der Waals surface area contributed by atoms with E-state index in [0.29, 0.717) is 12.4 Å². The van der Waals surface area contributed by atoms with Gasteiger partial charge in [0.25, 0.3) is 0 Å². The van der Waals surface area contributed by atoms with Crippen molar-refractivity contribution in [3.8, 4) is 16.9 Å². The van der Waals surface area contributed by atoms with Crippen LogP contribution in [0.5, 0.6) is 5.75 Å². The average molecular weight is 437 g/mol. The van der Waals surface area contributed by atoms with Crippen LogP contribution in [0.1, 0.15) is 18.1 Å². The van der Waals surface area contributed by atoms with Gasteiger partial charge in [0.05, 0.1) is 6.42 Å². The minimum atomic E-state index is -0.848. The van der Waals surface area contributed by atoms with E-state index in [1.54, 1.807) is 12.1 Å². The van der Waals surface area contributed by atoms with Crippen LogP contribution in [-0.4, -0.2) is 17.7 Å². The van der Waals surface area contributed by atoms with Gasteiger partial charge >= 0.3 is 5.97 Å². The Labute approximate surface area is 173 Å². The van der Waals surface area contributed by atoms with Crippen LogP contribution in [0, 0.1) is 0 Å². The van der Waals surface area contributed by atoms with Crippen molar-refractivity contribution in [3.05, 3.63) is 94.5 Å². The highest BCUT2D eigenvalue weighted by atomic mass is 79.9. The molecule has 0 atom stereocenters. The van der Waals surface area contributed by atoms with Crippen molar-refractivity contribution in [1.82, 2.24) is 0 Å². The molecular weight excluding hydrogens is 416 g/mol. The second kappa shape index (κ2) is 9.38. The van der Waals surface area contributed by atoms with Gasteiger partial charge < -0.3 is 9.84 Å². The van der Waals surface area contributed by atoms with E-state index in [-0.39, 0.29) is 6.42 Å². The van der Waals surface area contributed by atoms with Crippen LogP contribution >= 0.6 is 15.9 Å². The number of halogens is 1. The Morgan fingerprint density at radius 2 is 1.64 bits per heavy atom. The van der Waals surface area contributed by atoms with Crippen LogP contribution in [-0.2, 0) is 11.2 Å². The molecule has 28 heavy (non-hydrogen) atoms. The van der Waals surface area contributed by atoms with Gasteiger partial charge in [0, 0.05) is 4.47 Å². The number of carboxylic acid groups (broad SMARTS) is 1. The molecule has 0 aliphatic carbocycles. The van der Waals surface area contributed by atoms with Gasteiger partial charge in [0.15, 0.2) is 0 Å². The number of hydrogen-bond donors (Lipinski definition) is 1. The minimum absolute atomic E-state index is 0.00319. The molecule has 0 saturated heterocycles. The molecule has 3 rings (SSSR count). The van der Waals surface area contributed by atoms with Crippen LogP contribution in [0.25, 0.3) is 16.7 Å². The molecule has 0 fully saturated rings. The lowest BCUT2D eigenvalue weighted by Gasteiger charge is -2.08. The Bertz CT molecular complexity index is 973. The lowest BCUT2D eigenvalue weighted by atomic mass is 10.0. The number of allylic oxidation sites excluding steroid dienone is 1. The summed E-state index contributed by atoms with van der Waals surface area (Å²) in [5.41, 5.74) is 5.36. The van der Waals surface area contributed by atoms with E-state index in [0.717, 1.165) is 21.2 Å². The summed E-state index contributed by atoms with van der Waals surface area (Å²) >= 11 is 3.46. The van der Waals surface area contributed by atoms with E-state index in [2.05, 4.69) is 59.3 Å².